The van der Waals surface area contributed by atoms with Crippen molar-refractivity contribution in [2.75, 3.05) is 19.5 Å². The molecular formula is C15H24N2O3. The number of nitrogens with two attached hydrogens (primary N) is 1. The molecule has 0 aliphatic carbocycles. The van der Waals surface area contributed by atoms with E-state index in [0.717, 1.165) is 5.69 Å². The highest BCUT2D eigenvalue weighted by atomic mass is 16.5. The molecule has 0 fully saturated rings. The molecule has 0 spiro atoms. The molecule has 0 aromatic heterocycles. The summed E-state index contributed by atoms with van der Waals surface area (Å²) in [6.45, 7) is 5.60. The Morgan fingerprint density at radius 3 is 2.35 bits per heavy atom. The lowest BCUT2D eigenvalue weighted by Gasteiger charge is -2.36. The fourth-order valence-corrected chi connectivity index (χ4v) is 2.16. The second-order valence-electron chi connectivity index (χ2n) is 5.66. The van der Waals surface area contributed by atoms with Crippen LogP contribution >= 0.6 is 0 Å². The Balaban J connectivity index is 3.06. The van der Waals surface area contributed by atoms with Crippen molar-refractivity contribution in [1.82, 2.24) is 0 Å². The van der Waals surface area contributed by atoms with Crippen LogP contribution < -0.4 is 15.8 Å². The molecule has 0 bridgehead atoms. The number of carbonyl (C=O) groups is 1. The van der Waals surface area contributed by atoms with E-state index in [1.165, 1.54) is 0 Å². The van der Waals surface area contributed by atoms with E-state index in [1.54, 1.807) is 21.1 Å². The van der Waals surface area contributed by atoms with Crippen molar-refractivity contribution in [3.63, 3.8) is 0 Å². The number of hydrogen-bond donors (Lipinski definition) is 2. The van der Waals surface area contributed by atoms with Crippen molar-refractivity contribution in [2.45, 2.75) is 38.3 Å². The number of para-hydroxylation sites is 2. The van der Waals surface area contributed by atoms with Crippen molar-refractivity contribution in [3.05, 3.63) is 24.3 Å². The molecule has 1 aromatic rings. The Morgan fingerprint density at radius 1 is 1.25 bits per heavy atom. The number of methoxy groups -OCH3 is 2. The lowest BCUT2D eigenvalue weighted by atomic mass is 9.86. The minimum atomic E-state index is -0.936. The molecule has 0 saturated heterocycles. The molecule has 5 nitrogen and oxygen atoms in total. The van der Waals surface area contributed by atoms with Gasteiger partial charge >= 0.3 is 0 Å². The lowest BCUT2D eigenvalue weighted by molar-refractivity contribution is -0.124. The highest BCUT2D eigenvalue weighted by Gasteiger charge is 2.38. The highest BCUT2D eigenvalue weighted by Crippen LogP contribution is 2.31. The maximum atomic E-state index is 11.9. The minimum absolute atomic E-state index is 0.434. The van der Waals surface area contributed by atoms with Gasteiger partial charge in [0.25, 0.3) is 0 Å². The van der Waals surface area contributed by atoms with Crippen LogP contribution in [0.25, 0.3) is 0 Å². The summed E-state index contributed by atoms with van der Waals surface area (Å²) in [6, 6.07) is 7.41. The highest BCUT2D eigenvalue weighted by molar-refractivity contribution is 5.88. The minimum Gasteiger partial charge on any atom is -0.495 e. The number of ether oxygens (including phenoxy) is 2. The summed E-state index contributed by atoms with van der Waals surface area (Å²) < 4.78 is 10.7. The monoisotopic (exact) mass is 280 g/mol. The fraction of sp³-hybridized carbons (Fsp3) is 0.533. The zero-order chi connectivity index (χ0) is 15.4. The summed E-state index contributed by atoms with van der Waals surface area (Å²) in [5.74, 6) is 0.226. The molecule has 1 amide bonds. The van der Waals surface area contributed by atoms with Crippen molar-refractivity contribution in [2.24, 2.45) is 5.73 Å². The standard InChI is InChI=1S/C15H24N2O3/c1-14(2,20-5)10-15(3,13(16)18)17-11-8-6-7-9-12(11)19-4/h6-9,17H,10H2,1-5H3,(H2,16,18). The van der Waals surface area contributed by atoms with E-state index in [-0.39, 0.29) is 0 Å². The molecule has 0 aliphatic heterocycles. The maximum absolute atomic E-state index is 11.9. The van der Waals surface area contributed by atoms with Gasteiger partial charge < -0.3 is 20.5 Å². The number of hydrogen-bond acceptors (Lipinski definition) is 4. The third-order valence-electron chi connectivity index (χ3n) is 3.39. The number of primary amides is 1. The first kappa shape index (κ1) is 16.3. The number of carbonyl (C=O) groups excluding carboxylic acids is 1. The smallest absolute Gasteiger partial charge is 0.242 e. The quantitative estimate of drug-likeness (QED) is 0.802. The van der Waals surface area contributed by atoms with E-state index < -0.39 is 17.0 Å². The van der Waals surface area contributed by atoms with Crippen LogP contribution in [-0.2, 0) is 9.53 Å². The Hall–Kier alpha value is -1.75. The molecule has 0 aliphatic rings. The third kappa shape index (κ3) is 3.87. The fourth-order valence-electron chi connectivity index (χ4n) is 2.16. The van der Waals surface area contributed by atoms with Crippen molar-refractivity contribution < 1.29 is 14.3 Å². The first-order valence-electron chi connectivity index (χ1n) is 6.50. The summed E-state index contributed by atoms with van der Waals surface area (Å²) >= 11 is 0. The molecular weight excluding hydrogens is 256 g/mol. The van der Waals surface area contributed by atoms with Crippen LogP contribution in [-0.4, -0.2) is 31.3 Å². The molecule has 0 saturated carbocycles. The van der Waals surface area contributed by atoms with E-state index in [0.29, 0.717) is 12.2 Å². The Kier molecular flexibility index (Phi) is 5.00. The van der Waals surface area contributed by atoms with Crippen LogP contribution in [0.15, 0.2) is 24.3 Å². The van der Waals surface area contributed by atoms with Crippen LogP contribution in [0.3, 0.4) is 0 Å². The summed E-state index contributed by atoms with van der Waals surface area (Å²) in [5.41, 5.74) is 4.89. The number of benzene rings is 1. The van der Waals surface area contributed by atoms with Crippen LogP contribution in [0, 0.1) is 0 Å². The summed E-state index contributed by atoms with van der Waals surface area (Å²) in [5, 5.41) is 3.19. The molecule has 112 valence electrons. The van der Waals surface area contributed by atoms with Crippen LogP contribution in [0.2, 0.25) is 0 Å². The molecule has 1 atom stereocenters. The Morgan fingerprint density at radius 2 is 1.85 bits per heavy atom. The van der Waals surface area contributed by atoms with Gasteiger partial charge in [-0.3, -0.25) is 4.79 Å². The topological polar surface area (TPSA) is 73.6 Å². The molecule has 20 heavy (non-hydrogen) atoms. The van der Waals surface area contributed by atoms with Crippen LogP contribution in [0.5, 0.6) is 5.75 Å². The summed E-state index contributed by atoms with van der Waals surface area (Å²) in [7, 11) is 3.20. The van der Waals surface area contributed by atoms with Crippen LogP contribution in [0.4, 0.5) is 5.69 Å². The Bertz CT molecular complexity index is 474. The average Bonchev–Trinajstić information content (AvgIpc) is 2.38. The third-order valence-corrected chi connectivity index (χ3v) is 3.39. The van der Waals surface area contributed by atoms with E-state index in [4.69, 9.17) is 15.2 Å². The van der Waals surface area contributed by atoms with Crippen molar-refractivity contribution in [3.8, 4) is 5.75 Å². The van der Waals surface area contributed by atoms with Crippen molar-refractivity contribution in [1.29, 1.82) is 0 Å². The van der Waals surface area contributed by atoms with Gasteiger partial charge in [-0.15, -0.1) is 0 Å². The number of rotatable bonds is 7. The Labute approximate surface area is 120 Å². The van der Waals surface area contributed by atoms with Gasteiger partial charge in [0.1, 0.15) is 11.3 Å². The first-order chi connectivity index (χ1) is 9.24. The second-order valence-corrected chi connectivity index (χ2v) is 5.66. The number of amides is 1. The molecule has 1 rings (SSSR count). The van der Waals surface area contributed by atoms with Gasteiger partial charge in [0.2, 0.25) is 5.91 Å². The predicted molar refractivity (Wildman–Crippen MR) is 79.9 cm³/mol. The van der Waals surface area contributed by atoms with Gasteiger partial charge in [-0.2, -0.15) is 0 Å². The van der Waals surface area contributed by atoms with E-state index in [1.807, 2.05) is 38.1 Å². The van der Waals surface area contributed by atoms with Crippen LogP contribution in [0.1, 0.15) is 27.2 Å². The lowest BCUT2D eigenvalue weighted by Crippen LogP contribution is -2.52. The van der Waals surface area contributed by atoms with Crippen molar-refractivity contribution >= 4 is 11.6 Å². The zero-order valence-corrected chi connectivity index (χ0v) is 12.8. The van der Waals surface area contributed by atoms with Gasteiger partial charge in [-0.1, -0.05) is 12.1 Å². The summed E-state index contributed by atoms with van der Waals surface area (Å²) in [6.07, 6.45) is 0.434. The number of anilines is 1. The normalized spacial score (nSPS) is 14.4. The van der Waals surface area contributed by atoms with E-state index in [2.05, 4.69) is 5.32 Å². The molecule has 1 aromatic carbocycles. The van der Waals surface area contributed by atoms with E-state index >= 15 is 0 Å². The largest absolute Gasteiger partial charge is 0.495 e. The SMILES string of the molecule is COc1ccccc1NC(C)(CC(C)(C)OC)C(N)=O. The number of nitrogens with one attached hydrogen (secondary N) is 1. The van der Waals surface area contributed by atoms with Gasteiger partial charge in [0.15, 0.2) is 0 Å². The molecule has 1 unspecified atom stereocenters. The molecule has 5 heteroatoms. The molecule has 0 heterocycles. The molecule has 3 N–H and O–H groups in total. The van der Waals surface area contributed by atoms with Gasteiger partial charge in [-0.25, -0.2) is 0 Å². The maximum Gasteiger partial charge on any atom is 0.242 e. The van der Waals surface area contributed by atoms with E-state index in [9.17, 15) is 4.79 Å². The van der Waals surface area contributed by atoms with Gasteiger partial charge in [0.05, 0.1) is 18.4 Å². The second kappa shape index (κ2) is 6.13. The average molecular weight is 280 g/mol. The predicted octanol–water partition coefficient (Wildman–Crippen LogP) is 2.17. The van der Waals surface area contributed by atoms with Gasteiger partial charge in [0, 0.05) is 13.5 Å². The first-order valence-corrected chi connectivity index (χ1v) is 6.50. The molecule has 0 radical (unpaired) electrons. The zero-order valence-electron chi connectivity index (χ0n) is 12.8. The van der Waals surface area contributed by atoms with Gasteiger partial charge in [-0.05, 0) is 32.9 Å². The summed E-state index contributed by atoms with van der Waals surface area (Å²) in [4.78, 5) is 11.9.